The van der Waals surface area contributed by atoms with E-state index in [1.54, 1.807) is 6.08 Å². The number of ether oxygens (including phenoxy) is 1. The first kappa shape index (κ1) is 30.9. The summed E-state index contributed by atoms with van der Waals surface area (Å²) in [5, 5.41) is 0. The fraction of sp³-hybridized carbons (Fsp3) is 0.833. The molecule has 0 aromatic rings. The molecule has 0 saturated carbocycles. The van der Waals surface area contributed by atoms with Crippen molar-refractivity contribution in [3.63, 3.8) is 0 Å². The van der Waals surface area contributed by atoms with Gasteiger partial charge in [-0.25, -0.2) is 4.79 Å². The lowest BCUT2D eigenvalue weighted by Crippen LogP contribution is -1.98. The summed E-state index contributed by atoms with van der Waals surface area (Å²) in [5.41, 5.74) is 0. The van der Waals surface area contributed by atoms with E-state index < -0.39 is 0 Å². The van der Waals surface area contributed by atoms with Crippen molar-refractivity contribution in [1.29, 1.82) is 0 Å². The van der Waals surface area contributed by atoms with Crippen molar-refractivity contribution in [3.8, 4) is 0 Å². The Kier molecular flexibility index (Phi) is 27.1. The number of allylic oxidation sites excluding steroid dienone is 3. The van der Waals surface area contributed by atoms with Gasteiger partial charge in [0.1, 0.15) is 0 Å². The zero-order valence-electron chi connectivity index (χ0n) is 21.9. The van der Waals surface area contributed by atoms with Gasteiger partial charge in [-0.3, -0.25) is 0 Å². The summed E-state index contributed by atoms with van der Waals surface area (Å²) in [5.74, 6) is -0.258. The van der Waals surface area contributed by atoms with Crippen LogP contribution in [-0.2, 0) is 9.53 Å². The third kappa shape index (κ3) is 27.0. The minimum absolute atomic E-state index is 0.258. The second-order valence-electron chi connectivity index (χ2n) is 9.40. The Hall–Kier alpha value is -1.05. The molecular formula is C30H56O2. The van der Waals surface area contributed by atoms with E-state index in [0.717, 1.165) is 6.42 Å². The van der Waals surface area contributed by atoms with Gasteiger partial charge in [-0.2, -0.15) is 0 Å². The minimum atomic E-state index is -0.258. The number of hydrogen-bond acceptors (Lipinski definition) is 2. The molecule has 2 heteroatoms. The maximum Gasteiger partial charge on any atom is 0.330 e. The molecule has 2 nitrogen and oxygen atoms in total. The Morgan fingerprint density at radius 1 is 0.531 bits per heavy atom. The Bertz CT molecular complexity index is 425. The summed E-state index contributed by atoms with van der Waals surface area (Å²) < 4.78 is 4.84. The lowest BCUT2D eigenvalue weighted by atomic mass is 10.0. The molecule has 0 unspecified atom stereocenters. The van der Waals surface area contributed by atoms with Crippen LogP contribution in [0.15, 0.2) is 24.3 Å². The van der Waals surface area contributed by atoms with Crippen LogP contribution in [0.5, 0.6) is 0 Å². The van der Waals surface area contributed by atoms with Gasteiger partial charge >= 0.3 is 5.97 Å². The topological polar surface area (TPSA) is 26.3 Å². The molecular weight excluding hydrogens is 392 g/mol. The molecule has 0 aliphatic rings. The van der Waals surface area contributed by atoms with Crippen LogP contribution in [0, 0.1) is 0 Å². The average molecular weight is 449 g/mol. The standard InChI is InChI=1S/C30H56O2/c1-3-5-6-7-8-9-10-11-12-13-14-15-16-17-18-19-20-21-22-23-24-25-26-27-28-29-30(31)32-4-2/h26-29H,3-25H2,1-2H3. The molecule has 0 N–H and O–H groups in total. The Morgan fingerprint density at radius 3 is 1.28 bits per heavy atom. The highest BCUT2D eigenvalue weighted by atomic mass is 16.5. The van der Waals surface area contributed by atoms with E-state index in [-0.39, 0.29) is 5.97 Å². The molecule has 0 aromatic heterocycles. The fourth-order valence-electron chi connectivity index (χ4n) is 4.19. The van der Waals surface area contributed by atoms with Gasteiger partial charge < -0.3 is 4.74 Å². The van der Waals surface area contributed by atoms with Crippen LogP contribution < -0.4 is 0 Å². The highest BCUT2D eigenvalue weighted by Gasteiger charge is 1.95. The van der Waals surface area contributed by atoms with Crippen molar-refractivity contribution >= 4 is 5.97 Å². The molecule has 0 aliphatic carbocycles. The molecule has 188 valence electrons. The predicted octanol–water partition coefficient (Wildman–Crippen LogP) is 10.3. The molecule has 0 radical (unpaired) electrons. The second kappa shape index (κ2) is 28.0. The van der Waals surface area contributed by atoms with Gasteiger partial charge in [-0.05, 0) is 19.8 Å². The van der Waals surface area contributed by atoms with Gasteiger partial charge in [0.25, 0.3) is 0 Å². The number of hydrogen-bond donors (Lipinski definition) is 0. The molecule has 0 aliphatic heterocycles. The normalized spacial score (nSPS) is 11.7. The van der Waals surface area contributed by atoms with Crippen LogP contribution in [0.25, 0.3) is 0 Å². The van der Waals surface area contributed by atoms with Crippen LogP contribution in [0.3, 0.4) is 0 Å². The summed E-state index contributed by atoms with van der Waals surface area (Å²) in [6, 6.07) is 0. The van der Waals surface area contributed by atoms with Crippen molar-refractivity contribution in [2.45, 2.75) is 155 Å². The lowest BCUT2D eigenvalue weighted by molar-refractivity contribution is -0.137. The van der Waals surface area contributed by atoms with Gasteiger partial charge in [0, 0.05) is 6.08 Å². The molecule has 0 amide bonds. The van der Waals surface area contributed by atoms with Crippen LogP contribution in [0.2, 0.25) is 0 Å². The number of unbranched alkanes of at least 4 members (excludes halogenated alkanes) is 21. The monoisotopic (exact) mass is 448 g/mol. The first-order valence-corrected chi connectivity index (χ1v) is 14.3. The van der Waals surface area contributed by atoms with E-state index in [1.165, 1.54) is 141 Å². The van der Waals surface area contributed by atoms with Crippen LogP contribution in [0.1, 0.15) is 155 Å². The first-order valence-electron chi connectivity index (χ1n) is 14.3. The van der Waals surface area contributed by atoms with E-state index in [0.29, 0.717) is 6.61 Å². The Balaban J connectivity index is 3.13. The molecule has 0 saturated heterocycles. The minimum Gasteiger partial charge on any atom is -0.463 e. The summed E-state index contributed by atoms with van der Waals surface area (Å²) in [6.07, 6.45) is 38.4. The van der Waals surface area contributed by atoms with Crippen LogP contribution >= 0.6 is 0 Å². The molecule has 0 atom stereocenters. The maximum absolute atomic E-state index is 11.1. The number of esters is 1. The number of carbonyl (C=O) groups is 1. The Morgan fingerprint density at radius 2 is 0.906 bits per heavy atom. The first-order chi connectivity index (χ1) is 15.8. The van der Waals surface area contributed by atoms with Crippen molar-refractivity contribution in [1.82, 2.24) is 0 Å². The zero-order chi connectivity index (χ0) is 23.4. The van der Waals surface area contributed by atoms with E-state index in [9.17, 15) is 4.79 Å². The van der Waals surface area contributed by atoms with Crippen LogP contribution in [0.4, 0.5) is 0 Å². The summed E-state index contributed by atoms with van der Waals surface area (Å²) >= 11 is 0. The van der Waals surface area contributed by atoms with Crippen molar-refractivity contribution in [2.75, 3.05) is 6.61 Å². The van der Waals surface area contributed by atoms with Gasteiger partial charge in [-0.15, -0.1) is 0 Å². The number of rotatable bonds is 25. The highest BCUT2D eigenvalue weighted by molar-refractivity contribution is 5.82. The van der Waals surface area contributed by atoms with E-state index in [2.05, 4.69) is 13.0 Å². The zero-order valence-corrected chi connectivity index (χ0v) is 21.9. The van der Waals surface area contributed by atoms with E-state index in [4.69, 9.17) is 4.74 Å². The fourth-order valence-corrected chi connectivity index (χ4v) is 4.19. The van der Waals surface area contributed by atoms with Crippen molar-refractivity contribution in [2.24, 2.45) is 0 Å². The van der Waals surface area contributed by atoms with Gasteiger partial charge in [0.15, 0.2) is 0 Å². The summed E-state index contributed by atoms with van der Waals surface area (Å²) in [6.45, 7) is 4.55. The predicted molar refractivity (Wildman–Crippen MR) is 142 cm³/mol. The van der Waals surface area contributed by atoms with E-state index >= 15 is 0 Å². The maximum atomic E-state index is 11.1. The SMILES string of the molecule is CCCCCCCCCCCCCCCCCCCCCCCC=CC=CC(=O)OCC. The molecule has 0 aromatic carbocycles. The van der Waals surface area contributed by atoms with Gasteiger partial charge in [-0.1, -0.05) is 154 Å². The molecule has 0 rings (SSSR count). The average Bonchev–Trinajstić information content (AvgIpc) is 2.79. The molecule has 0 fully saturated rings. The van der Waals surface area contributed by atoms with Crippen molar-refractivity contribution < 1.29 is 9.53 Å². The van der Waals surface area contributed by atoms with Crippen molar-refractivity contribution in [3.05, 3.63) is 24.3 Å². The Labute approximate surface area is 201 Å². The highest BCUT2D eigenvalue weighted by Crippen LogP contribution is 2.15. The third-order valence-electron chi connectivity index (χ3n) is 6.24. The van der Waals surface area contributed by atoms with Gasteiger partial charge in [0.2, 0.25) is 0 Å². The third-order valence-corrected chi connectivity index (χ3v) is 6.24. The molecule has 0 heterocycles. The molecule has 0 bridgehead atoms. The van der Waals surface area contributed by atoms with E-state index in [1.807, 2.05) is 13.0 Å². The van der Waals surface area contributed by atoms with Crippen LogP contribution in [-0.4, -0.2) is 12.6 Å². The quantitative estimate of drug-likeness (QED) is 0.0600. The smallest absolute Gasteiger partial charge is 0.330 e. The summed E-state index contributed by atoms with van der Waals surface area (Å²) in [4.78, 5) is 11.1. The number of carbonyl (C=O) groups excluding carboxylic acids is 1. The van der Waals surface area contributed by atoms with Gasteiger partial charge in [0.05, 0.1) is 6.61 Å². The molecule has 32 heavy (non-hydrogen) atoms. The summed E-state index contributed by atoms with van der Waals surface area (Å²) in [7, 11) is 0. The lowest BCUT2D eigenvalue weighted by Gasteiger charge is -2.04. The largest absolute Gasteiger partial charge is 0.463 e. The second-order valence-corrected chi connectivity index (χ2v) is 9.40. The molecule has 0 spiro atoms.